The summed E-state index contributed by atoms with van der Waals surface area (Å²) in [4.78, 5) is 12.2. The first-order valence-electron chi connectivity index (χ1n) is 8.17. The second-order valence-electron chi connectivity index (χ2n) is 6.21. The predicted octanol–water partition coefficient (Wildman–Crippen LogP) is 1.88. The number of hydrogen-bond acceptors (Lipinski definition) is 4. The van der Waals surface area contributed by atoms with Gasteiger partial charge in [-0.25, -0.2) is 8.42 Å². The van der Waals surface area contributed by atoms with Gasteiger partial charge in [0, 0.05) is 25.6 Å². The summed E-state index contributed by atoms with van der Waals surface area (Å²) in [6, 6.07) is 5.39. The topological polar surface area (TPSA) is 75.7 Å². The Morgan fingerprint density at radius 1 is 1.28 bits per heavy atom. The summed E-state index contributed by atoms with van der Waals surface area (Å²) in [6.45, 7) is 1.67. The highest BCUT2D eigenvalue weighted by atomic mass is 35.5. The number of sulfonamides is 1. The third-order valence-corrected chi connectivity index (χ3v) is 7.24. The monoisotopic (exact) mass is 406 g/mol. The van der Waals surface area contributed by atoms with Crippen LogP contribution >= 0.6 is 23.2 Å². The molecule has 1 amide bonds. The van der Waals surface area contributed by atoms with Crippen molar-refractivity contribution in [2.45, 2.75) is 12.3 Å². The zero-order valence-electron chi connectivity index (χ0n) is 13.6. The molecule has 6 nitrogen and oxygen atoms in total. The minimum atomic E-state index is -3.36. The molecule has 2 atom stereocenters. The first-order valence-corrected chi connectivity index (χ1v) is 10.5. The minimum absolute atomic E-state index is 0.0436. The standard InChI is InChI=1S/C16H20Cl2N2O4S/c17-14-3-1-2-11(15(14)18)12-10-13(12)16(21)19-4-9-25(22,23)20-5-7-24-8-6-20/h1-3,12-13H,4-10H2,(H,19,21). The van der Waals surface area contributed by atoms with Gasteiger partial charge in [0.1, 0.15) is 0 Å². The van der Waals surface area contributed by atoms with Crippen molar-refractivity contribution in [2.75, 3.05) is 38.6 Å². The van der Waals surface area contributed by atoms with Crippen LogP contribution < -0.4 is 5.32 Å². The SMILES string of the molecule is O=C(NCCS(=O)(=O)N1CCOCC1)C1CC1c1cccc(Cl)c1Cl. The molecule has 0 radical (unpaired) electrons. The number of nitrogens with one attached hydrogen (secondary N) is 1. The lowest BCUT2D eigenvalue weighted by Gasteiger charge is -2.26. The zero-order valence-corrected chi connectivity index (χ0v) is 15.9. The third kappa shape index (κ3) is 4.46. The van der Waals surface area contributed by atoms with Gasteiger partial charge in [-0.1, -0.05) is 35.3 Å². The van der Waals surface area contributed by atoms with Crippen molar-refractivity contribution in [3.8, 4) is 0 Å². The minimum Gasteiger partial charge on any atom is -0.379 e. The van der Waals surface area contributed by atoms with Crippen molar-refractivity contribution in [1.29, 1.82) is 0 Å². The molecule has 1 N–H and O–H groups in total. The van der Waals surface area contributed by atoms with Gasteiger partial charge in [-0.3, -0.25) is 4.79 Å². The molecule has 2 aliphatic rings. The van der Waals surface area contributed by atoms with Gasteiger partial charge in [-0.05, 0) is 24.0 Å². The molecule has 2 fully saturated rings. The van der Waals surface area contributed by atoms with Gasteiger partial charge in [0.15, 0.2) is 0 Å². The molecule has 138 valence electrons. The van der Waals surface area contributed by atoms with E-state index in [1.807, 2.05) is 12.1 Å². The molecule has 9 heteroatoms. The van der Waals surface area contributed by atoms with Crippen LogP contribution in [0.3, 0.4) is 0 Å². The van der Waals surface area contributed by atoms with Gasteiger partial charge in [-0.15, -0.1) is 0 Å². The predicted molar refractivity (Wildman–Crippen MR) is 96.5 cm³/mol. The quantitative estimate of drug-likeness (QED) is 0.782. The van der Waals surface area contributed by atoms with Gasteiger partial charge in [-0.2, -0.15) is 4.31 Å². The number of benzene rings is 1. The van der Waals surface area contributed by atoms with Crippen molar-refractivity contribution >= 4 is 39.1 Å². The van der Waals surface area contributed by atoms with E-state index in [1.165, 1.54) is 4.31 Å². The summed E-state index contributed by atoms with van der Waals surface area (Å²) in [5.41, 5.74) is 0.871. The van der Waals surface area contributed by atoms with E-state index in [1.54, 1.807) is 6.07 Å². The van der Waals surface area contributed by atoms with Gasteiger partial charge in [0.2, 0.25) is 15.9 Å². The average Bonchev–Trinajstić information content (AvgIpc) is 3.38. The Morgan fingerprint density at radius 2 is 2.00 bits per heavy atom. The number of ether oxygens (including phenoxy) is 1. The Hall–Kier alpha value is -0.860. The Bertz CT molecular complexity index is 751. The smallest absolute Gasteiger partial charge is 0.223 e. The van der Waals surface area contributed by atoms with Crippen LogP contribution in [0.25, 0.3) is 0 Å². The lowest BCUT2D eigenvalue weighted by molar-refractivity contribution is -0.122. The van der Waals surface area contributed by atoms with Crippen LogP contribution in [0.15, 0.2) is 18.2 Å². The summed E-state index contributed by atoms with van der Waals surface area (Å²) >= 11 is 12.2. The van der Waals surface area contributed by atoms with Crippen molar-refractivity contribution < 1.29 is 17.9 Å². The fourth-order valence-electron chi connectivity index (χ4n) is 3.02. The van der Waals surface area contributed by atoms with Crippen molar-refractivity contribution in [3.05, 3.63) is 33.8 Å². The normalized spacial score (nSPS) is 24.1. The lowest BCUT2D eigenvalue weighted by Crippen LogP contribution is -2.44. The maximum Gasteiger partial charge on any atom is 0.223 e. The number of rotatable bonds is 6. The number of halogens is 2. The van der Waals surface area contributed by atoms with Gasteiger partial charge in [0.05, 0.1) is 29.0 Å². The highest BCUT2D eigenvalue weighted by molar-refractivity contribution is 7.89. The second-order valence-corrected chi connectivity index (χ2v) is 9.08. The number of carbonyl (C=O) groups is 1. The van der Waals surface area contributed by atoms with E-state index in [9.17, 15) is 13.2 Å². The molecule has 1 aromatic rings. The molecular formula is C16H20Cl2N2O4S. The number of amides is 1. The Morgan fingerprint density at radius 3 is 2.72 bits per heavy atom. The number of morpholine rings is 1. The molecule has 0 bridgehead atoms. The maximum absolute atomic E-state index is 12.2. The molecule has 3 rings (SSSR count). The molecule has 25 heavy (non-hydrogen) atoms. The van der Waals surface area contributed by atoms with E-state index >= 15 is 0 Å². The number of hydrogen-bond donors (Lipinski definition) is 1. The molecule has 2 unspecified atom stereocenters. The summed E-state index contributed by atoms with van der Waals surface area (Å²) in [7, 11) is -3.36. The summed E-state index contributed by atoms with van der Waals surface area (Å²) in [5.74, 6) is -0.379. The summed E-state index contributed by atoms with van der Waals surface area (Å²) in [6.07, 6.45) is 0.697. The Balaban J connectivity index is 1.48. The fraction of sp³-hybridized carbons (Fsp3) is 0.562. The average molecular weight is 407 g/mol. The van der Waals surface area contributed by atoms with Crippen LogP contribution in [0.5, 0.6) is 0 Å². The highest BCUT2D eigenvalue weighted by Gasteiger charge is 2.45. The first kappa shape index (κ1) is 18.9. The third-order valence-electron chi connectivity index (χ3n) is 4.53. The van der Waals surface area contributed by atoms with E-state index in [-0.39, 0.29) is 30.0 Å². The second kappa shape index (κ2) is 7.80. The van der Waals surface area contributed by atoms with Crippen LogP contribution in [-0.2, 0) is 19.6 Å². The van der Waals surface area contributed by atoms with E-state index in [4.69, 9.17) is 27.9 Å². The van der Waals surface area contributed by atoms with E-state index in [0.717, 1.165) is 5.56 Å². The molecule has 1 aromatic carbocycles. The maximum atomic E-state index is 12.2. The van der Waals surface area contributed by atoms with Crippen LogP contribution in [0, 0.1) is 5.92 Å². The lowest BCUT2D eigenvalue weighted by atomic mass is 10.1. The van der Waals surface area contributed by atoms with Gasteiger partial charge in [0.25, 0.3) is 0 Å². The molecule has 1 heterocycles. The molecule has 1 saturated heterocycles. The van der Waals surface area contributed by atoms with Gasteiger partial charge >= 0.3 is 0 Å². The van der Waals surface area contributed by atoms with Crippen molar-refractivity contribution in [3.63, 3.8) is 0 Å². The number of carbonyl (C=O) groups excluding carboxylic acids is 1. The van der Waals surface area contributed by atoms with Crippen LogP contribution in [0.2, 0.25) is 10.0 Å². The fourth-order valence-corrected chi connectivity index (χ4v) is 4.80. The molecule has 0 aromatic heterocycles. The zero-order chi connectivity index (χ0) is 18.0. The van der Waals surface area contributed by atoms with Crippen LogP contribution in [0.1, 0.15) is 17.9 Å². The first-order chi connectivity index (χ1) is 11.9. The van der Waals surface area contributed by atoms with Crippen molar-refractivity contribution in [1.82, 2.24) is 9.62 Å². The largest absolute Gasteiger partial charge is 0.379 e. The van der Waals surface area contributed by atoms with E-state index < -0.39 is 10.0 Å². The van der Waals surface area contributed by atoms with Gasteiger partial charge < -0.3 is 10.1 Å². The Kier molecular flexibility index (Phi) is 5.90. The summed E-state index contributed by atoms with van der Waals surface area (Å²) < 4.78 is 31.0. The highest BCUT2D eigenvalue weighted by Crippen LogP contribution is 2.50. The molecule has 1 saturated carbocycles. The molecular weight excluding hydrogens is 387 g/mol. The van der Waals surface area contributed by atoms with Crippen LogP contribution in [-0.4, -0.2) is 57.2 Å². The van der Waals surface area contributed by atoms with E-state index in [2.05, 4.69) is 5.32 Å². The molecule has 0 spiro atoms. The molecule has 1 aliphatic carbocycles. The summed E-state index contributed by atoms with van der Waals surface area (Å²) in [5, 5.41) is 3.68. The Labute approximate surface area is 157 Å². The van der Waals surface area contributed by atoms with Crippen molar-refractivity contribution in [2.24, 2.45) is 5.92 Å². The van der Waals surface area contributed by atoms with Crippen LogP contribution in [0.4, 0.5) is 0 Å². The number of nitrogens with zero attached hydrogens (tertiary/aromatic N) is 1. The van der Waals surface area contributed by atoms with E-state index in [0.29, 0.717) is 42.8 Å². The molecule has 1 aliphatic heterocycles.